The number of aromatic nitrogens is 1. The topological polar surface area (TPSA) is 63.1 Å². The molecule has 0 aliphatic heterocycles. The number of hydrogen-bond donors (Lipinski definition) is 2. The molecule has 0 bridgehead atoms. The Morgan fingerprint density at radius 1 is 1.43 bits per heavy atom. The third-order valence-corrected chi connectivity index (χ3v) is 5.72. The van der Waals surface area contributed by atoms with E-state index in [-0.39, 0.29) is 5.41 Å². The third-order valence-electron chi connectivity index (χ3n) is 4.33. The highest BCUT2D eigenvalue weighted by atomic mass is 32.2. The molecule has 5 nitrogen and oxygen atoms in total. The smallest absolute Gasteiger partial charge is 0.242 e. The van der Waals surface area contributed by atoms with Crippen LogP contribution in [0.3, 0.4) is 0 Å². The van der Waals surface area contributed by atoms with Gasteiger partial charge >= 0.3 is 0 Å². The number of hydrogen-bond acceptors (Lipinski definition) is 3. The van der Waals surface area contributed by atoms with Crippen LogP contribution < -0.4 is 10.0 Å². The molecule has 1 atom stereocenters. The summed E-state index contributed by atoms with van der Waals surface area (Å²) in [6, 6.07) is 1.77. The third kappa shape index (κ3) is 3.87. The lowest BCUT2D eigenvalue weighted by Gasteiger charge is -2.06. The minimum Gasteiger partial charge on any atom is -0.349 e. The first-order valence-electron chi connectivity index (χ1n) is 7.63. The van der Waals surface area contributed by atoms with Crippen LogP contribution in [0.1, 0.15) is 39.3 Å². The van der Waals surface area contributed by atoms with Crippen molar-refractivity contribution in [2.75, 3.05) is 13.6 Å². The van der Waals surface area contributed by atoms with Crippen LogP contribution in [-0.2, 0) is 23.1 Å². The van der Waals surface area contributed by atoms with Crippen molar-refractivity contribution in [2.24, 2.45) is 11.3 Å². The highest BCUT2D eigenvalue weighted by Gasteiger charge is 2.45. The first-order chi connectivity index (χ1) is 9.80. The Balaban J connectivity index is 2.10. The summed E-state index contributed by atoms with van der Waals surface area (Å²) in [5, 5.41) is 3.08. The lowest BCUT2D eigenvalue weighted by molar-refractivity contribution is 0.537. The van der Waals surface area contributed by atoms with E-state index in [0.29, 0.717) is 23.9 Å². The van der Waals surface area contributed by atoms with Gasteiger partial charge in [-0.3, -0.25) is 0 Å². The normalized spacial score (nSPS) is 20.7. The molecule has 1 fully saturated rings. The summed E-state index contributed by atoms with van der Waals surface area (Å²) in [5.74, 6) is 0.460. The number of rotatable bonds is 8. The van der Waals surface area contributed by atoms with Crippen molar-refractivity contribution in [1.82, 2.24) is 14.6 Å². The zero-order valence-corrected chi connectivity index (χ0v) is 14.3. The summed E-state index contributed by atoms with van der Waals surface area (Å²) in [6.07, 6.45) is 3.82. The molecule has 0 spiro atoms. The van der Waals surface area contributed by atoms with E-state index in [2.05, 4.69) is 30.8 Å². The van der Waals surface area contributed by atoms with E-state index in [1.54, 1.807) is 12.3 Å². The van der Waals surface area contributed by atoms with E-state index in [1.165, 1.54) is 0 Å². The molecule has 21 heavy (non-hydrogen) atoms. The molecule has 120 valence electrons. The first kappa shape index (κ1) is 16.5. The molecule has 1 aromatic heterocycles. The van der Waals surface area contributed by atoms with Crippen LogP contribution in [0.2, 0.25) is 0 Å². The van der Waals surface area contributed by atoms with Gasteiger partial charge in [0, 0.05) is 31.5 Å². The maximum absolute atomic E-state index is 12.4. The molecule has 1 unspecified atom stereocenters. The maximum Gasteiger partial charge on any atom is 0.242 e. The first-order valence-corrected chi connectivity index (χ1v) is 9.12. The fourth-order valence-electron chi connectivity index (χ4n) is 2.67. The van der Waals surface area contributed by atoms with Crippen LogP contribution in [0.4, 0.5) is 0 Å². The van der Waals surface area contributed by atoms with Crippen molar-refractivity contribution < 1.29 is 8.42 Å². The average molecular weight is 313 g/mol. The van der Waals surface area contributed by atoms with Crippen LogP contribution in [0.15, 0.2) is 17.2 Å². The van der Waals surface area contributed by atoms with Gasteiger partial charge < -0.3 is 9.88 Å². The van der Waals surface area contributed by atoms with E-state index < -0.39 is 10.0 Å². The predicted molar refractivity (Wildman–Crippen MR) is 84.6 cm³/mol. The van der Waals surface area contributed by atoms with Gasteiger partial charge in [0.05, 0.1) is 4.90 Å². The molecule has 2 N–H and O–H groups in total. The summed E-state index contributed by atoms with van der Waals surface area (Å²) in [6.45, 7) is 8.48. The van der Waals surface area contributed by atoms with E-state index in [0.717, 1.165) is 25.1 Å². The molecule has 0 radical (unpaired) electrons. The average Bonchev–Trinajstić information content (AvgIpc) is 2.80. The number of sulfonamides is 1. The minimum atomic E-state index is -3.40. The molecule has 0 aromatic carbocycles. The molecule has 0 amide bonds. The van der Waals surface area contributed by atoms with Gasteiger partial charge in [-0.1, -0.05) is 20.8 Å². The zero-order valence-electron chi connectivity index (χ0n) is 13.4. The Morgan fingerprint density at radius 2 is 2.10 bits per heavy atom. The fraction of sp³-hybridized carbons (Fsp3) is 0.733. The second-order valence-corrected chi connectivity index (χ2v) is 8.40. The van der Waals surface area contributed by atoms with Gasteiger partial charge in [0.1, 0.15) is 0 Å². The van der Waals surface area contributed by atoms with Crippen LogP contribution in [0.5, 0.6) is 0 Å². The zero-order chi connectivity index (χ0) is 15.7. The number of nitrogens with zero attached hydrogens (tertiary/aromatic N) is 1. The summed E-state index contributed by atoms with van der Waals surface area (Å²) in [5.41, 5.74) is 1.29. The molecule has 2 rings (SSSR count). The Hall–Kier alpha value is -0.850. The van der Waals surface area contributed by atoms with Crippen LogP contribution in [0, 0.1) is 11.3 Å². The molecule has 6 heteroatoms. The van der Waals surface area contributed by atoms with Gasteiger partial charge in [0.15, 0.2) is 0 Å². The number of aryl methyl sites for hydroxylation is 1. The van der Waals surface area contributed by atoms with Crippen molar-refractivity contribution in [1.29, 1.82) is 0 Å². The monoisotopic (exact) mass is 313 g/mol. The van der Waals surface area contributed by atoms with Crippen molar-refractivity contribution in [3.05, 3.63) is 18.0 Å². The Morgan fingerprint density at radius 3 is 2.62 bits per heavy atom. The van der Waals surface area contributed by atoms with Gasteiger partial charge in [-0.25, -0.2) is 13.1 Å². The molecular formula is C15H27N3O2S. The van der Waals surface area contributed by atoms with Crippen LogP contribution in [-0.4, -0.2) is 26.6 Å². The van der Waals surface area contributed by atoms with Crippen LogP contribution >= 0.6 is 0 Å². The fourth-order valence-corrected chi connectivity index (χ4v) is 3.81. The molecule has 1 aliphatic rings. The molecule has 1 aromatic rings. The van der Waals surface area contributed by atoms with E-state index in [1.807, 2.05) is 11.6 Å². The molecular weight excluding hydrogens is 286 g/mol. The van der Waals surface area contributed by atoms with Gasteiger partial charge in [0.25, 0.3) is 0 Å². The Kier molecular flexibility index (Phi) is 4.80. The van der Waals surface area contributed by atoms with Crippen molar-refractivity contribution in [3.8, 4) is 0 Å². The standard InChI is InChI=1S/C15H27N3O2S/c1-5-6-18-11-14(7-13(18)10-16-4)21(19,20)17-9-12-8-15(12,2)3/h7,11-12,16-17H,5-6,8-10H2,1-4H3. The quantitative estimate of drug-likeness (QED) is 0.771. The highest BCUT2D eigenvalue weighted by Crippen LogP contribution is 2.51. The van der Waals surface area contributed by atoms with Gasteiger partial charge in [0.2, 0.25) is 10.0 Å². The van der Waals surface area contributed by atoms with Crippen molar-refractivity contribution >= 4 is 10.0 Å². The second-order valence-electron chi connectivity index (χ2n) is 6.63. The summed E-state index contributed by atoms with van der Waals surface area (Å²) in [4.78, 5) is 0.375. The number of nitrogens with one attached hydrogen (secondary N) is 2. The highest BCUT2D eigenvalue weighted by molar-refractivity contribution is 7.89. The van der Waals surface area contributed by atoms with Gasteiger partial charge in [-0.2, -0.15) is 0 Å². The molecule has 1 heterocycles. The minimum absolute atomic E-state index is 0.286. The van der Waals surface area contributed by atoms with Crippen LogP contribution in [0.25, 0.3) is 0 Å². The second kappa shape index (κ2) is 6.10. The van der Waals surface area contributed by atoms with Gasteiger partial charge in [-0.15, -0.1) is 0 Å². The lowest BCUT2D eigenvalue weighted by Crippen LogP contribution is -2.26. The van der Waals surface area contributed by atoms with E-state index in [4.69, 9.17) is 0 Å². The summed E-state index contributed by atoms with van der Waals surface area (Å²) in [7, 11) is -1.54. The van der Waals surface area contributed by atoms with E-state index >= 15 is 0 Å². The molecule has 1 aliphatic carbocycles. The van der Waals surface area contributed by atoms with Gasteiger partial charge in [-0.05, 0) is 37.3 Å². The molecule has 1 saturated carbocycles. The van der Waals surface area contributed by atoms with Crippen molar-refractivity contribution in [3.63, 3.8) is 0 Å². The Bertz CT molecular complexity index is 567. The lowest BCUT2D eigenvalue weighted by atomic mass is 10.1. The summed E-state index contributed by atoms with van der Waals surface area (Å²) >= 11 is 0. The summed E-state index contributed by atoms with van der Waals surface area (Å²) < 4.78 is 29.6. The van der Waals surface area contributed by atoms with Crippen molar-refractivity contribution in [2.45, 2.75) is 51.6 Å². The SMILES string of the molecule is CCCn1cc(S(=O)(=O)NCC2CC2(C)C)cc1CNC. The molecule has 0 saturated heterocycles. The Labute approximate surface area is 128 Å². The largest absolute Gasteiger partial charge is 0.349 e. The maximum atomic E-state index is 12.4. The van der Waals surface area contributed by atoms with E-state index in [9.17, 15) is 8.42 Å². The predicted octanol–water partition coefficient (Wildman–Crippen LogP) is 1.94.